The average Bonchev–Trinajstić information content (AvgIpc) is 2.61. The van der Waals surface area contributed by atoms with E-state index in [2.05, 4.69) is 32.8 Å². The molecule has 3 heteroatoms. The number of aromatic nitrogens is 2. The normalized spacial score (nSPS) is 11.8. The molecule has 0 fully saturated rings. The van der Waals surface area contributed by atoms with E-state index in [9.17, 15) is 0 Å². The Bertz CT molecular complexity index is 518. The molecule has 0 saturated carbocycles. The first-order valence-electron chi connectivity index (χ1n) is 5.70. The van der Waals surface area contributed by atoms with E-state index in [1.807, 2.05) is 35.1 Å². The summed E-state index contributed by atoms with van der Waals surface area (Å²) in [6.45, 7) is 8.69. The lowest BCUT2D eigenvalue weighted by molar-refractivity contribution is 0.585. The largest absolute Gasteiger partial charge is 0.238 e. The van der Waals surface area contributed by atoms with Crippen LogP contribution in [0.25, 0.3) is 5.69 Å². The Morgan fingerprint density at radius 3 is 2.18 bits per heavy atom. The summed E-state index contributed by atoms with van der Waals surface area (Å²) in [6.07, 6.45) is 1.95. The monoisotopic (exact) mass is 248 g/mol. The minimum atomic E-state index is 0.120. The molecule has 2 nitrogen and oxygen atoms in total. The number of rotatable bonds is 1. The zero-order chi connectivity index (χ0) is 12.6. The van der Waals surface area contributed by atoms with Crippen molar-refractivity contribution < 1.29 is 0 Å². The summed E-state index contributed by atoms with van der Waals surface area (Å²) in [7, 11) is 0. The highest BCUT2D eigenvalue weighted by Crippen LogP contribution is 2.26. The molecule has 0 bridgehead atoms. The maximum atomic E-state index is 5.89. The summed E-state index contributed by atoms with van der Waals surface area (Å²) < 4.78 is 1.96. The SMILES string of the molecule is Cc1c(C(C)(C)C)cnn1-c1ccc(Cl)cc1. The molecule has 2 aromatic rings. The van der Waals surface area contributed by atoms with E-state index in [1.165, 1.54) is 11.3 Å². The lowest BCUT2D eigenvalue weighted by atomic mass is 9.87. The van der Waals surface area contributed by atoms with Crippen LogP contribution in [0.2, 0.25) is 5.02 Å². The van der Waals surface area contributed by atoms with Gasteiger partial charge in [-0.1, -0.05) is 32.4 Å². The first-order valence-corrected chi connectivity index (χ1v) is 6.08. The summed E-state index contributed by atoms with van der Waals surface area (Å²) in [4.78, 5) is 0. The predicted molar refractivity (Wildman–Crippen MR) is 72.0 cm³/mol. The fraction of sp³-hybridized carbons (Fsp3) is 0.357. The van der Waals surface area contributed by atoms with Gasteiger partial charge in [-0.15, -0.1) is 0 Å². The fourth-order valence-electron chi connectivity index (χ4n) is 1.99. The van der Waals surface area contributed by atoms with E-state index in [-0.39, 0.29) is 5.41 Å². The van der Waals surface area contributed by atoms with Crippen LogP contribution < -0.4 is 0 Å². The second kappa shape index (κ2) is 4.19. The van der Waals surface area contributed by atoms with Crippen molar-refractivity contribution in [2.45, 2.75) is 33.1 Å². The van der Waals surface area contributed by atoms with Gasteiger partial charge in [0, 0.05) is 10.7 Å². The lowest BCUT2D eigenvalue weighted by Crippen LogP contribution is -2.12. The van der Waals surface area contributed by atoms with E-state index < -0.39 is 0 Å². The van der Waals surface area contributed by atoms with Gasteiger partial charge in [0.2, 0.25) is 0 Å². The van der Waals surface area contributed by atoms with Crippen molar-refractivity contribution in [2.24, 2.45) is 0 Å². The Balaban J connectivity index is 2.48. The Kier molecular flexibility index (Phi) is 3.00. The molecule has 1 aromatic carbocycles. The maximum Gasteiger partial charge on any atom is 0.0649 e. The third-order valence-electron chi connectivity index (χ3n) is 2.89. The van der Waals surface area contributed by atoms with Crippen molar-refractivity contribution in [3.05, 3.63) is 46.7 Å². The fourth-order valence-corrected chi connectivity index (χ4v) is 2.11. The summed E-state index contributed by atoms with van der Waals surface area (Å²) in [5.74, 6) is 0. The third kappa shape index (κ3) is 2.37. The predicted octanol–water partition coefficient (Wildman–Crippen LogP) is 4.13. The highest BCUT2D eigenvalue weighted by molar-refractivity contribution is 6.30. The van der Waals surface area contributed by atoms with Crippen molar-refractivity contribution in [3.8, 4) is 5.69 Å². The first-order chi connectivity index (χ1) is 7.89. The van der Waals surface area contributed by atoms with Gasteiger partial charge in [-0.25, -0.2) is 4.68 Å². The van der Waals surface area contributed by atoms with Gasteiger partial charge in [-0.05, 0) is 42.2 Å². The maximum absolute atomic E-state index is 5.89. The van der Waals surface area contributed by atoms with Crippen molar-refractivity contribution >= 4 is 11.6 Å². The molecule has 0 aliphatic carbocycles. The van der Waals surface area contributed by atoms with Crippen molar-refractivity contribution in [1.82, 2.24) is 9.78 Å². The van der Waals surface area contributed by atoms with Crippen molar-refractivity contribution in [3.63, 3.8) is 0 Å². The molecule has 17 heavy (non-hydrogen) atoms. The van der Waals surface area contributed by atoms with Gasteiger partial charge in [-0.2, -0.15) is 5.10 Å². The van der Waals surface area contributed by atoms with Crippen LogP contribution in [0.5, 0.6) is 0 Å². The molecule has 0 radical (unpaired) electrons. The quantitative estimate of drug-likeness (QED) is 0.742. The molecule has 0 N–H and O–H groups in total. The number of hydrogen-bond donors (Lipinski definition) is 0. The van der Waals surface area contributed by atoms with Gasteiger partial charge in [0.15, 0.2) is 0 Å². The van der Waals surface area contributed by atoms with E-state index in [1.54, 1.807) is 0 Å². The highest BCUT2D eigenvalue weighted by Gasteiger charge is 2.20. The molecule has 1 aromatic heterocycles. The number of benzene rings is 1. The molecule has 90 valence electrons. The molecule has 2 rings (SSSR count). The van der Waals surface area contributed by atoms with Crippen LogP contribution in [-0.2, 0) is 5.41 Å². The van der Waals surface area contributed by atoms with Crippen LogP contribution in [0, 0.1) is 6.92 Å². The van der Waals surface area contributed by atoms with E-state index in [0.717, 1.165) is 10.7 Å². The number of hydrogen-bond acceptors (Lipinski definition) is 1. The van der Waals surface area contributed by atoms with Gasteiger partial charge in [0.25, 0.3) is 0 Å². The van der Waals surface area contributed by atoms with Gasteiger partial charge in [0.1, 0.15) is 0 Å². The van der Waals surface area contributed by atoms with Crippen LogP contribution in [0.1, 0.15) is 32.0 Å². The molecule has 0 aliphatic heterocycles. The van der Waals surface area contributed by atoms with Gasteiger partial charge in [-0.3, -0.25) is 0 Å². The molecular weight excluding hydrogens is 232 g/mol. The average molecular weight is 249 g/mol. The Morgan fingerprint density at radius 1 is 1.12 bits per heavy atom. The number of halogens is 1. The molecule has 0 saturated heterocycles. The molecule has 0 unspecified atom stereocenters. The zero-order valence-electron chi connectivity index (χ0n) is 10.7. The number of nitrogens with zero attached hydrogens (tertiary/aromatic N) is 2. The minimum Gasteiger partial charge on any atom is -0.238 e. The van der Waals surface area contributed by atoms with Gasteiger partial charge in [0.05, 0.1) is 11.9 Å². The van der Waals surface area contributed by atoms with E-state index >= 15 is 0 Å². The van der Waals surface area contributed by atoms with Gasteiger partial charge < -0.3 is 0 Å². The summed E-state index contributed by atoms with van der Waals surface area (Å²) in [5.41, 5.74) is 3.61. The second-order valence-corrected chi connectivity index (χ2v) is 5.72. The molecule has 0 amide bonds. The van der Waals surface area contributed by atoms with Crippen molar-refractivity contribution in [1.29, 1.82) is 0 Å². The first kappa shape index (κ1) is 12.2. The zero-order valence-corrected chi connectivity index (χ0v) is 11.4. The summed E-state index contributed by atoms with van der Waals surface area (Å²) in [6, 6.07) is 7.73. The standard InChI is InChI=1S/C14H17ClN2/c1-10-13(14(2,3)4)9-16-17(10)12-7-5-11(15)6-8-12/h5-9H,1-4H3. The van der Waals surface area contributed by atoms with Crippen LogP contribution >= 0.6 is 11.6 Å². The minimum absolute atomic E-state index is 0.120. The van der Waals surface area contributed by atoms with Crippen LogP contribution in [0.3, 0.4) is 0 Å². The van der Waals surface area contributed by atoms with Crippen LogP contribution in [0.4, 0.5) is 0 Å². The molecular formula is C14H17ClN2. The Labute approximate surface area is 107 Å². The van der Waals surface area contributed by atoms with Gasteiger partial charge >= 0.3 is 0 Å². The van der Waals surface area contributed by atoms with Crippen molar-refractivity contribution in [2.75, 3.05) is 0 Å². The molecule has 1 heterocycles. The van der Waals surface area contributed by atoms with Crippen LogP contribution in [-0.4, -0.2) is 9.78 Å². The molecule has 0 spiro atoms. The van der Waals surface area contributed by atoms with E-state index in [4.69, 9.17) is 11.6 Å². The topological polar surface area (TPSA) is 17.8 Å². The summed E-state index contributed by atoms with van der Waals surface area (Å²) >= 11 is 5.89. The Morgan fingerprint density at radius 2 is 1.71 bits per heavy atom. The Hall–Kier alpha value is -1.28. The highest BCUT2D eigenvalue weighted by atomic mass is 35.5. The van der Waals surface area contributed by atoms with E-state index in [0.29, 0.717) is 0 Å². The second-order valence-electron chi connectivity index (χ2n) is 5.28. The molecule has 0 aliphatic rings. The van der Waals surface area contributed by atoms with Crippen LogP contribution in [0.15, 0.2) is 30.5 Å². The lowest BCUT2D eigenvalue weighted by Gasteiger charge is -2.18. The smallest absolute Gasteiger partial charge is 0.0649 e. The third-order valence-corrected chi connectivity index (χ3v) is 3.14. The summed E-state index contributed by atoms with van der Waals surface area (Å²) in [5, 5.41) is 5.20. The molecule has 0 atom stereocenters.